The third-order valence-corrected chi connectivity index (χ3v) is 7.11. The molecule has 0 aliphatic heterocycles. The molecule has 0 fully saturated rings. The Morgan fingerprint density at radius 1 is 0.791 bits per heavy atom. The fourth-order valence-corrected chi connectivity index (χ4v) is 4.62. The lowest BCUT2D eigenvalue weighted by atomic mass is 9.90. The van der Waals surface area contributed by atoms with Crippen molar-refractivity contribution in [2.75, 3.05) is 13.1 Å². The first-order chi connectivity index (χ1) is 20.9. The zero-order chi connectivity index (χ0) is 30.6. The summed E-state index contributed by atoms with van der Waals surface area (Å²) in [4.78, 5) is 24.7. The summed E-state index contributed by atoms with van der Waals surface area (Å²) in [6, 6.07) is 25.8. The Labute approximate surface area is 255 Å². The molecule has 2 aromatic carbocycles. The van der Waals surface area contributed by atoms with Crippen LogP contribution in [-0.4, -0.2) is 32.8 Å². The Balaban J connectivity index is 1.59. The summed E-state index contributed by atoms with van der Waals surface area (Å²) in [7, 11) is 6.25. The molecule has 0 aliphatic carbocycles. The molecular formula is C36H37BN4O2+2. The number of nitrogens with zero attached hydrogens (tertiary/aromatic N) is 2. The Morgan fingerprint density at radius 2 is 1.42 bits per heavy atom. The van der Waals surface area contributed by atoms with Gasteiger partial charge in [-0.15, -0.1) is 0 Å². The minimum atomic E-state index is -0.202. The highest BCUT2D eigenvalue weighted by Crippen LogP contribution is 2.09. The lowest BCUT2D eigenvalue weighted by Crippen LogP contribution is -2.40. The monoisotopic (exact) mass is 568 g/mol. The number of hydrogen-bond acceptors (Lipinski definition) is 2. The summed E-state index contributed by atoms with van der Waals surface area (Å²) < 4.78 is 4.15. The van der Waals surface area contributed by atoms with Crippen molar-refractivity contribution in [3.8, 4) is 11.8 Å². The van der Waals surface area contributed by atoms with Crippen LogP contribution in [0.15, 0.2) is 103 Å². The van der Waals surface area contributed by atoms with Crippen molar-refractivity contribution >= 4 is 25.1 Å². The van der Waals surface area contributed by atoms with Crippen LogP contribution in [0, 0.1) is 11.8 Å². The van der Waals surface area contributed by atoms with Gasteiger partial charge in [0.1, 0.15) is 7.85 Å². The number of amides is 2. The first kappa shape index (κ1) is 31.0. The zero-order valence-corrected chi connectivity index (χ0v) is 24.9. The van der Waals surface area contributed by atoms with E-state index in [1.807, 2.05) is 65.5 Å². The van der Waals surface area contributed by atoms with Crippen molar-refractivity contribution in [1.29, 1.82) is 0 Å². The molecule has 0 aliphatic rings. The summed E-state index contributed by atoms with van der Waals surface area (Å²) in [5.74, 6) is 6.30. The van der Waals surface area contributed by atoms with Crippen LogP contribution in [0.2, 0.25) is 0 Å². The molecule has 0 saturated carbocycles. The van der Waals surface area contributed by atoms with Gasteiger partial charge in [-0.1, -0.05) is 67.5 Å². The van der Waals surface area contributed by atoms with Crippen molar-refractivity contribution in [3.63, 3.8) is 0 Å². The minimum absolute atomic E-state index is 0.185. The maximum absolute atomic E-state index is 13.0. The SMILES string of the molecule is [B]c1ccccc1C[n+]1ccc(C(=O)NCCCNC(=O)C(=C)C)cc1C#Cc1cccc[n+]1Cc1ccccc1CC. The summed E-state index contributed by atoms with van der Waals surface area (Å²) in [6.07, 6.45) is 5.48. The number of benzene rings is 2. The molecular weight excluding hydrogens is 531 g/mol. The van der Waals surface area contributed by atoms with Crippen LogP contribution in [0.5, 0.6) is 0 Å². The second-order valence-corrected chi connectivity index (χ2v) is 10.4. The predicted molar refractivity (Wildman–Crippen MR) is 170 cm³/mol. The van der Waals surface area contributed by atoms with Gasteiger partial charge in [-0.3, -0.25) is 9.59 Å². The van der Waals surface area contributed by atoms with Gasteiger partial charge in [-0.2, -0.15) is 9.13 Å². The van der Waals surface area contributed by atoms with Crippen LogP contribution in [0.4, 0.5) is 0 Å². The first-order valence-electron chi connectivity index (χ1n) is 14.5. The average Bonchev–Trinajstić information content (AvgIpc) is 3.02. The molecule has 0 atom stereocenters. The molecule has 2 radical (unpaired) electrons. The highest BCUT2D eigenvalue weighted by atomic mass is 16.2. The van der Waals surface area contributed by atoms with E-state index in [4.69, 9.17) is 7.85 Å². The average molecular weight is 569 g/mol. The third kappa shape index (κ3) is 8.77. The second-order valence-electron chi connectivity index (χ2n) is 10.4. The maximum Gasteiger partial charge on any atom is 0.258 e. The molecule has 2 N–H and O–H groups in total. The zero-order valence-electron chi connectivity index (χ0n) is 24.9. The smallest absolute Gasteiger partial charge is 0.258 e. The summed E-state index contributed by atoms with van der Waals surface area (Å²) in [5.41, 5.74) is 6.76. The Hall–Kier alpha value is -4.96. The van der Waals surface area contributed by atoms with Crippen molar-refractivity contribution < 1.29 is 18.7 Å². The molecule has 2 amide bonds. The van der Waals surface area contributed by atoms with Crippen molar-refractivity contribution in [1.82, 2.24) is 10.6 Å². The molecule has 2 heterocycles. The molecule has 4 aromatic rings. The third-order valence-electron chi connectivity index (χ3n) is 7.11. The van der Waals surface area contributed by atoms with Crippen molar-refractivity contribution in [3.05, 3.63) is 137 Å². The van der Waals surface area contributed by atoms with Crippen LogP contribution >= 0.6 is 0 Å². The standard InChI is InChI=1S/C36H35BN4O2/c1-4-28-12-5-6-13-30(28)25-40-22-10-9-15-32(40)17-18-33-24-29(36(43)39-21-11-20-38-35(42)27(2)3)19-23-41(33)26-31-14-7-8-16-34(31)37/h5-10,12-16,19,22-24H,2,4,11,20-21,25-26H2,1,3H3/p+2. The highest BCUT2D eigenvalue weighted by Gasteiger charge is 2.17. The summed E-state index contributed by atoms with van der Waals surface area (Å²) in [6.45, 7) is 9.56. The van der Waals surface area contributed by atoms with Gasteiger partial charge in [-0.25, -0.2) is 0 Å². The van der Waals surface area contributed by atoms with Gasteiger partial charge in [0, 0.05) is 65.9 Å². The fraction of sp³-hybridized carbons (Fsp3) is 0.222. The van der Waals surface area contributed by atoms with E-state index < -0.39 is 0 Å². The van der Waals surface area contributed by atoms with E-state index in [0.29, 0.717) is 54.9 Å². The number of rotatable bonds is 11. The maximum atomic E-state index is 13.0. The van der Waals surface area contributed by atoms with E-state index in [1.54, 1.807) is 13.0 Å². The molecule has 0 bridgehead atoms. The topological polar surface area (TPSA) is 66.0 Å². The van der Waals surface area contributed by atoms with Crippen LogP contribution < -0.4 is 25.2 Å². The van der Waals surface area contributed by atoms with E-state index in [-0.39, 0.29) is 11.8 Å². The normalized spacial score (nSPS) is 10.4. The molecule has 0 spiro atoms. The lowest BCUT2D eigenvalue weighted by molar-refractivity contribution is -0.691. The van der Waals surface area contributed by atoms with Crippen LogP contribution in [0.3, 0.4) is 0 Å². The molecule has 214 valence electrons. The van der Waals surface area contributed by atoms with Gasteiger partial charge < -0.3 is 10.6 Å². The largest absolute Gasteiger partial charge is 0.352 e. The molecule has 0 unspecified atom stereocenters. The quantitative estimate of drug-likeness (QED) is 0.0962. The van der Waals surface area contributed by atoms with Gasteiger partial charge in [0.25, 0.3) is 17.3 Å². The molecule has 7 heteroatoms. The Morgan fingerprint density at radius 3 is 2.16 bits per heavy atom. The molecule has 6 nitrogen and oxygen atoms in total. The number of aromatic nitrogens is 2. The number of carbonyl (C=O) groups excluding carboxylic acids is 2. The molecule has 2 aromatic heterocycles. The van der Waals surface area contributed by atoms with Gasteiger partial charge in [0.05, 0.1) is 5.56 Å². The van der Waals surface area contributed by atoms with Crippen molar-refractivity contribution in [2.24, 2.45) is 0 Å². The fourth-order valence-electron chi connectivity index (χ4n) is 4.62. The summed E-state index contributed by atoms with van der Waals surface area (Å²) in [5, 5.41) is 5.71. The summed E-state index contributed by atoms with van der Waals surface area (Å²) >= 11 is 0. The number of pyridine rings is 2. The van der Waals surface area contributed by atoms with Crippen molar-refractivity contribution in [2.45, 2.75) is 39.8 Å². The van der Waals surface area contributed by atoms with E-state index in [1.165, 1.54) is 11.1 Å². The predicted octanol–water partition coefficient (Wildman–Crippen LogP) is 2.93. The van der Waals surface area contributed by atoms with Crippen LogP contribution in [-0.2, 0) is 24.3 Å². The lowest BCUT2D eigenvalue weighted by Gasteiger charge is -2.08. The minimum Gasteiger partial charge on any atom is -0.352 e. The van der Waals surface area contributed by atoms with E-state index in [0.717, 1.165) is 17.7 Å². The molecule has 0 saturated heterocycles. The molecule has 43 heavy (non-hydrogen) atoms. The number of aryl methyl sites for hydroxylation is 1. The van der Waals surface area contributed by atoms with E-state index >= 15 is 0 Å². The number of carbonyl (C=O) groups is 2. The van der Waals surface area contributed by atoms with Gasteiger partial charge in [0.2, 0.25) is 5.91 Å². The first-order valence-corrected chi connectivity index (χ1v) is 14.5. The van der Waals surface area contributed by atoms with Gasteiger partial charge in [0.15, 0.2) is 25.5 Å². The number of hydrogen-bond donors (Lipinski definition) is 2. The van der Waals surface area contributed by atoms with Gasteiger partial charge in [-0.05, 0) is 31.4 Å². The Bertz CT molecular complexity index is 1690. The van der Waals surface area contributed by atoms with E-state index in [9.17, 15) is 9.59 Å². The second kappa shape index (κ2) is 15.3. The van der Waals surface area contributed by atoms with Crippen LogP contribution in [0.1, 0.15) is 58.7 Å². The number of nitrogens with one attached hydrogen (secondary N) is 2. The van der Waals surface area contributed by atoms with Gasteiger partial charge >= 0.3 is 0 Å². The van der Waals surface area contributed by atoms with Crippen LogP contribution in [0.25, 0.3) is 0 Å². The highest BCUT2D eigenvalue weighted by molar-refractivity contribution is 6.33. The Kier molecular flexibility index (Phi) is 11.0. The molecule has 4 rings (SSSR count). The van der Waals surface area contributed by atoms with E-state index in [2.05, 4.69) is 64.8 Å².